The number of hydrogen-bond donors (Lipinski definition) is 0. The first-order chi connectivity index (χ1) is 8.80. The Bertz CT molecular complexity index is 633. The zero-order chi connectivity index (χ0) is 14.2. The second-order valence-corrected chi connectivity index (χ2v) is 4.81. The van der Waals surface area contributed by atoms with Crippen LogP contribution in [-0.2, 0) is 6.18 Å². The minimum Gasteiger partial charge on any atom is -0.289 e. The predicted octanol–water partition coefficient (Wildman–Crippen LogP) is 4.79. The van der Waals surface area contributed by atoms with Crippen LogP contribution in [0, 0.1) is 5.82 Å². The lowest BCUT2D eigenvalue weighted by Crippen LogP contribution is -2.11. The summed E-state index contributed by atoms with van der Waals surface area (Å²) < 4.78 is 51.0. The van der Waals surface area contributed by atoms with E-state index in [2.05, 4.69) is 0 Å². The van der Waals surface area contributed by atoms with Crippen molar-refractivity contribution in [1.29, 1.82) is 0 Å². The molecule has 1 aromatic carbocycles. The third kappa shape index (κ3) is 2.79. The van der Waals surface area contributed by atoms with Gasteiger partial charge in [-0.15, -0.1) is 0 Å². The average Bonchev–Trinajstić information content (AvgIpc) is 2.80. The summed E-state index contributed by atoms with van der Waals surface area (Å²) in [6.45, 7) is 0. The highest BCUT2D eigenvalue weighted by atomic mass is 35.5. The maximum Gasteiger partial charge on any atom is 0.417 e. The molecule has 0 aliphatic rings. The molecule has 1 aromatic heterocycles. The Morgan fingerprint density at radius 1 is 1.21 bits per heavy atom. The molecule has 2 aromatic rings. The molecule has 19 heavy (non-hydrogen) atoms. The van der Waals surface area contributed by atoms with Crippen LogP contribution in [0.2, 0.25) is 5.02 Å². The molecule has 0 N–H and O–H groups in total. The number of carbonyl (C=O) groups is 1. The van der Waals surface area contributed by atoms with Gasteiger partial charge in [-0.2, -0.15) is 24.5 Å². The molecule has 7 heteroatoms. The van der Waals surface area contributed by atoms with Crippen LogP contribution in [0.25, 0.3) is 0 Å². The summed E-state index contributed by atoms with van der Waals surface area (Å²) in [7, 11) is 0. The summed E-state index contributed by atoms with van der Waals surface area (Å²) in [6.07, 6.45) is -4.60. The number of halogens is 5. The molecule has 0 aliphatic heterocycles. The first-order valence-electron chi connectivity index (χ1n) is 4.94. The van der Waals surface area contributed by atoms with E-state index in [-0.39, 0.29) is 10.6 Å². The normalized spacial score (nSPS) is 11.6. The molecule has 0 amide bonds. The summed E-state index contributed by atoms with van der Waals surface area (Å²) in [4.78, 5) is 12.0. The van der Waals surface area contributed by atoms with Crippen molar-refractivity contribution < 1.29 is 22.4 Å². The van der Waals surface area contributed by atoms with Crippen LogP contribution in [0.3, 0.4) is 0 Å². The summed E-state index contributed by atoms with van der Waals surface area (Å²) in [5.74, 6) is -1.57. The number of benzene rings is 1. The van der Waals surface area contributed by atoms with Crippen LogP contribution < -0.4 is 0 Å². The number of hydrogen-bond acceptors (Lipinski definition) is 2. The Hall–Kier alpha value is -1.40. The molecule has 0 bridgehead atoms. The molecule has 100 valence electrons. The highest BCUT2D eigenvalue weighted by Crippen LogP contribution is 2.35. The standard InChI is InChI=1S/C12H5ClF4OS/c13-9-3-6(1-2-10(9)14)11(18)7-4-19-5-8(7)12(15,16)17/h1-5H. The van der Waals surface area contributed by atoms with Crippen LogP contribution in [0.15, 0.2) is 29.0 Å². The maximum atomic E-state index is 13.0. The molecule has 0 saturated heterocycles. The van der Waals surface area contributed by atoms with Crippen LogP contribution in [0.5, 0.6) is 0 Å². The van der Waals surface area contributed by atoms with E-state index in [0.717, 1.165) is 40.3 Å². The molecule has 2 rings (SSSR count). The largest absolute Gasteiger partial charge is 0.417 e. The van der Waals surface area contributed by atoms with Gasteiger partial charge in [-0.05, 0) is 18.2 Å². The van der Waals surface area contributed by atoms with Gasteiger partial charge in [0, 0.05) is 21.9 Å². The molecule has 0 fully saturated rings. The van der Waals surface area contributed by atoms with Crippen LogP contribution >= 0.6 is 22.9 Å². The SMILES string of the molecule is O=C(c1ccc(F)c(Cl)c1)c1cscc1C(F)(F)F. The minimum atomic E-state index is -4.60. The Morgan fingerprint density at radius 2 is 1.89 bits per heavy atom. The van der Waals surface area contributed by atoms with E-state index >= 15 is 0 Å². The lowest BCUT2D eigenvalue weighted by molar-refractivity contribution is -0.137. The van der Waals surface area contributed by atoms with Crippen molar-refractivity contribution in [3.63, 3.8) is 0 Å². The molecular weight excluding hydrogens is 304 g/mol. The highest BCUT2D eigenvalue weighted by Gasteiger charge is 2.36. The molecule has 1 heterocycles. The molecule has 0 aliphatic carbocycles. The van der Waals surface area contributed by atoms with Gasteiger partial charge >= 0.3 is 6.18 Å². The van der Waals surface area contributed by atoms with Gasteiger partial charge in [-0.1, -0.05) is 11.6 Å². The summed E-state index contributed by atoms with van der Waals surface area (Å²) >= 11 is 6.28. The molecular formula is C12H5ClF4OS. The quantitative estimate of drug-likeness (QED) is 0.576. The molecule has 1 nitrogen and oxygen atoms in total. The first kappa shape index (κ1) is 14.0. The lowest BCUT2D eigenvalue weighted by atomic mass is 10.0. The Kier molecular flexibility index (Phi) is 3.64. The fourth-order valence-electron chi connectivity index (χ4n) is 1.49. The van der Waals surface area contributed by atoms with Crippen LogP contribution in [0.1, 0.15) is 21.5 Å². The number of carbonyl (C=O) groups excluding carboxylic acids is 1. The zero-order valence-electron chi connectivity index (χ0n) is 9.09. The maximum absolute atomic E-state index is 13.0. The van der Waals surface area contributed by atoms with E-state index in [9.17, 15) is 22.4 Å². The predicted molar refractivity (Wildman–Crippen MR) is 64.2 cm³/mol. The van der Waals surface area contributed by atoms with E-state index in [1.165, 1.54) is 0 Å². The Labute approximate surface area is 114 Å². The molecule has 0 atom stereocenters. The van der Waals surface area contributed by atoms with Gasteiger partial charge in [0.15, 0.2) is 5.78 Å². The zero-order valence-corrected chi connectivity index (χ0v) is 10.7. The summed E-state index contributed by atoms with van der Waals surface area (Å²) in [5, 5.41) is 1.66. The van der Waals surface area contributed by atoms with E-state index in [1.807, 2.05) is 0 Å². The van der Waals surface area contributed by atoms with Gasteiger partial charge in [0.2, 0.25) is 0 Å². The van der Waals surface area contributed by atoms with E-state index < -0.39 is 28.9 Å². The topological polar surface area (TPSA) is 17.1 Å². The van der Waals surface area contributed by atoms with Crippen molar-refractivity contribution in [2.24, 2.45) is 0 Å². The first-order valence-corrected chi connectivity index (χ1v) is 6.26. The average molecular weight is 309 g/mol. The monoisotopic (exact) mass is 308 g/mol. The number of alkyl halides is 3. The van der Waals surface area contributed by atoms with Gasteiger partial charge in [0.1, 0.15) is 5.82 Å². The molecule has 0 radical (unpaired) electrons. The van der Waals surface area contributed by atoms with E-state index in [4.69, 9.17) is 11.6 Å². The van der Waals surface area contributed by atoms with Crippen molar-refractivity contribution in [3.05, 3.63) is 56.5 Å². The second-order valence-electron chi connectivity index (χ2n) is 3.65. The van der Waals surface area contributed by atoms with Crippen molar-refractivity contribution >= 4 is 28.7 Å². The van der Waals surface area contributed by atoms with Crippen molar-refractivity contribution in [1.82, 2.24) is 0 Å². The fraction of sp³-hybridized carbons (Fsp3) is 0.0833. The molecule has 0 spiro atoms. The van der Waals surface area contributed by atoms with Crippen molar-refractivity contribution in [2.45, 2.75) is 6.18 Å². The van der Waals surface area contributed by atoms with Gasteiger partial charge in [-0.3, -0.25) is 4.79 Å². The molecule has 0 saturated carbocycles. The van der Waals surface area contributed by atoms with E-state index in [1.54, 1.807) is 0 Å². The van der Waals surface area contributed by atoms with E-state index in [0.29, 0.717) is 0 Å². The number of rotatable bonds is 2. The minimum absolute atomic E-state index is 0.0877. The summed E-state index contributed by atoms with van der Waals surface area (Å²) in [6, 6.07) is 3.05. The summed E-state index contributed by atoms with van der Waals surface area (Å²) in [5.41, 5.74) is -1.54. The highest BCUT2D eigenvalue weighted by molar-refractivity contribution is 7.08. The van der Waals surface area contributed by atoms with Crippen molar-refractivity contribution in [3.8, 4) is 0 Å². The smallest absolute Gasteiger partial charge is 0.289 e. The second kappa shape index (κ2) is 4.94. The third-order valence-corrected chi connectivity index (χ3v) is 3.43. The van der Waals surface area contributed by atoms with Gasteiger partial charge in [0.05, 0.1) is 10.6 Å². The third-order valence-electron chi connectivity index (χ3n) is 2.39. The van der Waals surface area contributed by atoms with Crippen LogP contribution in [-0.4, -0.2) is 5.78 Å². The molecule has 0 unspecified atom stereocenters. The van der Waals surface area contributed by atoms with Gasteiger partial charge in [-0.25, -0.2) is 4.39 Å². The Balaban J connectivity index is 2.45. The van der Waals surface area contributed by atoms with Crippen molar-refractivity contribution in [2.75, 3.05) is 0 Å². The Morgan fingerprint density at radius 3 is 2.47 bits per heavy atom. The van der Waals surface area contributed by atoms with Gasteiger partial charge in [0.25, 0.3) is 0 Å². The van der Waals surface area contributed by atoms with Crippen LogP contribution in [0.4, 0.5) is 17.6 Å². The number of thiophene rings is 1. The fourth-order valence-corrected chi connectivity index (χ4v) is 2.50. The van der Waals surface area contributed by atoms with Gasteiger partial charge < -0.3 is 0 Å². The lowest BCUT2D eigenvalue weighted by Gasteiger charge is -2.07. The number of ketones is 1.